The first-order valence-electron chi connectivity index (χ1n) is 4.46. The maximum Gasteiger partial charge on any atom is 0.132 e. The molecule has 0 radical (unpaired) electrons. The van der Waals surface area contributed by atoms with E-state index in [-0.39, 0.29) is 5.56 Å². The highest BCUT2D eigenvalue weighted by molar-refractivity contribution is 9.10. The third kappa shape index (κ3) is 3.11. The van der Waals surface area contributed by atoms with Gasteiger partial charge in [-0.15, -0.1) is 6.58 Å². The Morgan fingerprint density at radius 2 is 1.93 bits per heavy atom. The van der Waals surface area contributed by atoms with E-state index in [2.05, 4.69) is 22.5 Å². The highest BCUT2D eigenvalue weighted by Crippen LogP contribution is 2.26. The maximum atomic E-state index is 13.4. The Kier molecular flexibility index (Phi) is 3.99. The van der Waals surface area contributed by atoms with Crippen molar-refractivity contribution >= 4 is 15.9 Å². The monoisotopic (exact) mass is 275 g/mol. The zero-order chi connectivity index (χ0) is 11.6. The highest BCUT2D eigenvalue weighted by atomic mass is 79.9. The fourth-order valence-corrected chi connectivity index (χ4v) is 1.79. The van der Waals surface area contributed by atoms with Crippen LogP contribution in [0.3, 0.4) is 0 Å². The number of halogens is 3. The van der Waals surface area contributed by atoms with Gasteiger partial charge in [0.1, 0.15) is 11.6 Å². The molecule has 1 aromatic rings. The zero-order valence-corrected chi connectivity index (χ0v) is 9.94. The molecule has 4 heteroatoms. The first-order chi connectivity index (χ1) is 6.91. The van der Waals surface area contributed by atoms with Crippen LogP contribution in [0.4, 0.5) is 8.78 Å². The number of hydrogen-bond acceptors (Lipinski definition) is 1. The van der Waals surface area contributed by atoms with Crippen LogP contribution in [0.5, 0.6) is 0 Å². The molecule has 1 rings (SSSR count). The zero-order valence-electron chi connectivity index (χ0n) is 8.36. The minimum Gasteiger partial charge on any atom is -0.324 e. The Hall–Kier alpha value is -0.740. The molecule has 0 fully saturated rings. The Bertz CT molecular complexity index is 367. The van der Waals surface area contributed by atoms with Crippen molar-refractivity contribution in [1.29, 1.82) is 0 Å². The second kappa shape index (κ2) is 4.86. The number of hydrogen-bond donors (Lipinski definition) is 1. The largest absolute Gasteiger partial charge is 0.324 e. The number of nitrogens with two attached hydrogens (primary N) is 1. The molecule has 0 amide bonds. The van der Waals surface area contributed by atoms with Crippen molar-refractivity contribution in [2.45, 2.75) is 19.4 Å². The van der Waals surface area contributed by atoms with Crippen molar-refractivity contribution in [3.8, 4) is 0 Å². The average Bonchev–Trinajstić information content (AvgIpc) is 1.99. The summed E-state index contributed by atoms with van der Waals surface area (Å²) in [6.45, 7) is 5.44. The summed E-state index contributed by atoms with van der Waals surface area (Å²) in [5.41, 5.74) is 6.40. The molecule has 0 aliphatic heterocycles. The molecule has 0 unspecified atom stereocenters. The van der Waals surface area contributed by atoms with Crippen LogP contribution in [0.2, 0.25) is 0 Å². The molecular formula is C11H12BrF2N. The van der Waals surface area contributed by atoms with E-state index in [1.165, 1.54) is 12.1 Å². The highest BCUT2D eigenvalue weighted by Gasteiger charge is 2.17. The van der Waals surface area contributed by atoms with Crippen LogP contribution >= 0.6 is 15.9 Å². The Labute approximate surface area is 96.1 Å². The molecule has 15 heavy (non-hydrogen) atoms. The van der Waals surface area contributed by atoms with Crippen LogP contribution < -0.4 is 5.73 Å². The van der Waals surface area contributed by atoms with Crippen LogP contribution in [-0.2, 0) is 0 Å². The van der Waals surface area contributed by atoms with Crippen molar-refractivity contribution < 1.29 is 8.78 Å². The van der Waals surface area contributed by atoms with Crippen LogP contribution in [0, 0.1) is 11.6 Å². The smallest absolute Gasteiger partial charge is 0.132 e. The van der Waals surface area contributed by atoms with E-state index in [1.807, 2.05) is 0 Å². The van der Waals surface area contributed by atoms with E-state index in [0.29, 0.717) is 10.9 Å². The van der Waals surface area contributed by atoms with Gasteiger partial charge in [-0.2, -0.15) is 0 Å². The quantitative estimate of drug-likeness (QED) is 0.837. The molecule has 0 saturated heterocycles. The van der Waals surface area contributed by atoms with Crippen molar-refractivity contribution in [3.63, 3.8) is 0 Å². The lowest BCUT2D eigenvalue weighted by Crippen LogP contribution is -2.14. The summed E-state index contributed by atoms with van der Waals surface area (Å²) in [6, 6.07) is 1.73. The average molecular weight is 276 g/mol. The third-order valence-electron chi connectivity index (χ3n) is 1.98. The molecule has 1 atom stereocenters. The van der Waals surface area contributed by atoms with Crippen LogP contribution in [0.1, 0.15) is 24.9 Å². The number of benzene rings is 1. The lowest BCUT2D eigenvalue weighted by atomic mass is 10.0. The van der Waals surface area contributed by atoms with Gasteiger partial charge in [0, 0.05) is 16.1 Å². The van der Waals surface area contributed by atoms with Gasteiger partial charge in [-0.3, -0.25) is 0 Å². The third-order valence-corrected chi connectivity index (χ3v) is 2.44. The summed E-state index contributed by atoms with van der Waals surface area (Å²) in [5, 5.41) is 0. The molecule has 0 bridgehead atoms. The first-order valence-corrected chi connectivity index (χ1v) is 5.25. The topological polar surface area (TPSA) is 26.0 Å². The standard InChI is InChI=1S/C11H12BrF2N/c1-6(2)3-10(15)11-8(13)4-7(12)5-9(11)14/h4-5,10H,1,3,15H2,2H3/t10-/m0/s1. The van der Waals surface area contributed by atoms with Crippen LogP contribution in [0.15, 0.2) is 28.8 Å². The first kappa shape index (κ1) is 12.3. The molecule has 0 heterocycles. The lowest BCUT2D eigenvalue weighted by molar-refractivity contribution is 0.523. The second-order valence-corrected chi connectivity index (χ2v) is 4.47. The summed E-state index contributed by atoms with van der Waals surface area (Å²) < 4.78 is 27.2. The van der Waals surface area contributed by atoms with E-state index in [0.717, 1.165) is 5.57 Å². The summed E-state index contributed by atoms with van der Waals surface area (Å²) in [4.78, 5) is 0. The summed E-state index contributed by atoms with van der Waals surface area (Å²) in [5.74, 6) is -1.26. The van der Waals surface area contributed by atoms with Gasteiger partial charge in [0.2, 0.25) is 0 Å². The van der Waals surface area contributed by atoms with Crippen molar-refractivity contribution in [3.05, 3.63) is 46.0 Å². The van der Waals surface area contributed by atoms with E-state index in [4.69, 9.17) is 5.73 Å². The van der Waals surface area contributed by atoms with E-state index in [1.54, 1.807) is 6.92 Å². The predicted octanol–water partition coefficient (Wildman–Crippen LogP) is 3.69. The molecular weight excluding hydrogens is 264 g/mol. The molecule has 0 saturated carbocycles. The fraction of sp³-hybridized carbons (Fsp3) is 0.273. The van der Waals surface area contributed by atoms with E-state index >= 15 is 0 Å². The van der Waals surface area contributed by atoms with Crippen molar-refractivity contribution in [2.75, 3.05) is 0 Å². The van der Waals surface area contributed by atoms with Gasteiger partial charge in [0.15, 0.2) is 0 Å². The molecule has 1 aromatic carbocycles. The molecule has 0 aromatic heterocycles. The van der Waals surface area contributed by atoms with E-state index in [9.17, 15) is 8.78 Å². The SMILES string of the molecule is C=C(C)C[C@H](N)c1c(F)cc(Br)cc1F. The van der Waals surface area contributed by atoms with Gasteiger partial charge < -0.3 is 5.73 Å². The van der Waals surface area contributed by atoms with Crippen molar-refractivity contribution in [2.24, 2.45) is 5.73 Å². The fourth-order valence-electron chi connectivity index (χ4n) is 1.39. The Morgan fingerprint density at radius 3 is 2.33 bits per heavy atom. The molecule has 1 nitrogen and oxygen atoms in total. The molecule has 0 aliphatic rings. The second-order valence-electron chi connectivity index (χ2n) is 3.55. The molecule has 2 N–H and O–H groups in total. The maximum absolute atomic E-state index is 13.4. The molecule has 0 spiro atoms. The van der Waals surface area contributed by atoms with Gasteiger partial charge in [0.05, 0.1) is 0 Å². The van der Waals surface area contributed by atoms with Gasteiger partial charge in [-0.05, 0) is 25.5 Å². The lowest BCUT2D eigenvalue weighted by Gasteiger charge is -2.14. The summed E-state index contributed by atoms with van der Waals surface area (Å²) >= 11 is 3.01. The predicted molar refractivity (Wildman–Crippen MR) is 60.4 cm³/mol. The molecule has 0 aliphatic carbocycles. The van der Waals surface area contributed by atoms with Gasteiger partial charge in [0.25, 0.3) is 0 Å². The molecule has 82 valence electrons. The Morgan fingerprint density at radius 1 is 1.47 bits per heavy atom. The minimum atomic E-state index is -0.685. The Balaban J connectivity index is 3.08. The van der Waals surface area contributed by atoms with Crippen LogP contribution in [-0.4, -0.2) is 0 Å². The van der Waals surface area contributed by atoms with Gasteiger partial charge >= 0.3 is 0 Å². The number of rotatable bonds is 3. The summed E-state index contributed by atoms with van der Waals surface area (Å²) in [6.07, 6.45) is 0.371. The van der Waals surface area contributed by atoms with Gasteiger partial charge in [-0.1, -0.05) is 21.5 Å². The van der Waals surface area contributed by atoms with Crippen LogP contribution in [0.25, 0.3) is 0 Å². The summed E-state index contributed by atoms with van der Waals surface area (Å²) in [7, 11) is 0. The van der Waals surface area contributed by atoms with Gasteiger partial charge in [-0.25, -0.2) is 8.78 Å². The minimum absolute atomic E-state index is 0.0822. The normalized spacial score (nSPS) is 12.6. The van der Waals surface area contributed by atoms with E-state index < -0.39 is 17.7 Å². The van der Waals surface area contributed by atoms with Crippen molar-refractivity contribution in [1.82, 2.24) is 0 Å².